The maximum Gasteiger partial charge on any atom is 0.203 e. The van der Waals surface area contributed by atoms with Crippen molar-refractivity contribution in [1.29, 1.82) is 0 Å². The number of hydrogen-bond donors (Lipinski definition) is 0. The van der Waals surface area contributed by atoms with Crippen molar-refractivity contribution < 1.29 is 14.2 Å². The van der Waals surface area contributed by atoms with Gasteiger partial charge in [-0.15, -0.1) is 11.3 Å². The van der Waals surface area contributed by atoms with Crippen LogP contribution in [0.4, 0.5) is 0 Å². The van der Waals surface area contributed by atoms with Crippen molar-refractivity contribution in [3.8, 4) is 17.2 Å². The number of rotatable bonds is 4. The number of aryl methyl sites for hydroxylation is 1. The molecule has 6 heteroatoms. The first-order valence-electron chi connectivity index (χ1n) is 8.11. The van der Waals surface area contributed by atoms with Crippen molar-refractivity contribution in [1.82, 2.24) is 4.90 Å². The second-order valence-electron chi connectivity index (χ2n) is 5.90. The van der Waals surface area contributed by atoms with Crippen molar-refractivity contribution in [2.45, 2.75) is 6.92 Å². The van der Waals surface area contributed by atoms with Crippen LogP contribution in [0.2, 0.25) is 0 Å². The number of benzene rings is 1. The lowest BCUT2D eigenvalue weighted by Gasteiger charge is -2.29. The highest BCUT2D eigenvalue weighted by molar-refractivity contribution is 7.13. The highest BCUT2D eigenvalue weighted by Gasteiger charge is 2.32. The van der Waals surface area contributed by atoms with Gasteiger partial charge < -0.3 is 19.1 Å². The molecule has 0 atom stereocenters. The van der Waals surface area contributed by atoms with Gasteiger partial charge in [0.25, 0.3) is 0 Å². The number of nitrogens with zero attached hydrogens (tertiary/aromatic N) is 2. The van der Waals surface area contributed by atoms with E-state index >= 15 is 0 Å². The van der Waals surface area contributed by atoms with Crippen molar-refractivity contribution in [2.24, 2.45) is 4.99 Å². The molecular formula is C19H20N2O3S. The smallest absolute Gasteiger partial charge is 0.203 e. The molecule has 0 N–H and O–H groups in total. The van der Waals surface area contributed by atoms with Crippen molar-refractivity contribution in [3.63, 3.8) is 0 Å². The number of fused-ring (bicyclic) bond motifs is 3. The van der Waals surface area contributed by atoms with Crippen LogP contribution in [0.1, 0.15) is 20.9 Å². The van der Waals surface area contributed by atoms with Gasteiger partial charge in [0.2, 0.25) is 5.75 Å². The second-order valence-corrected chi connectivity index (χ2v) is 7.19. The Hall–Kier alpha value is -2.47. The molecule has 0 saturated heterocycles. The van der Waals surface area contributed by atoms with Gasteiger partial charge in [-0.2, -0.15) is 0 Å². The van der Waals surface area contributed by atoms with Crippen molar-refractivity contribution in [3.05, 3.63) is 39.1 Å². The summed E-state index contributed by atoms with van der Waals surface area (Å²) in [5.41, 5.74) is 3.29. The van der Waals surface area contributed by atoms with Crippen molar-refractivity contribution >= 4 is 28.9 Å². The monoisotopic (exact) mass is 356 g/mol. The van der Waals surface area contributed by atoms with Gasteiger partial charge in [0.1, 0.15) is 5.84 Å². The van der Waals surface area contributed by atoms with Crippen LogP contribution < -0.4 is 14.2 Å². The third-order valence-electron chi connectivity index (χ3n) is 4.50. The molecule has 0 saturated carbocycles. The minimum atomic E-state index is 0.606. The molecule has 2 aromatic rings. The van der Waals surface area contributed by atoms with E-state index in [2.05, 4.69) is 24.0 Å². The Kier molecular flexibility index (Phi) is 3.92. The molecule has 5 nitrogen and oxygen atoms in total. The number of methoxy groups -OCH3 is 3. The predicted octanol–water partition coefficient (Wildman–Crippen LogP) is 3.66. The average Bonchev–Trinajstić information content (AvgIpc) is 3.24. The number of ether oxygens (including phenoxy) is 3. The van der Waals surface area contributed by atoms with Gasteiger partial charge >= 0.3 is 0 Å². The van der Waals surface area contributed by atoms with Gasteiger partial charge in [-0.3, -0.25) is 4.99 Å². The summed E-state index contributed by atoms with van der Waals surface area (Å²) in [6.45, 7) is 3.80. The predicted molar refractivity (Wildman–Crippen MR) is 101 cm³/mol. The molecule has 0 amide bonds. The molecule has 25 heavy (non-hydrogen) atoms. The summed E-state index contributed by atoms with van der Waals surface area (Å²) in [5.74, 6) is 2.99. The van der Waals surface area contributed by atoms with Crippen LogP contribution in [-0.2, 0) is 0 Å². The standard InChI is InChI=1S/C19H20N2O3S/c1-11-9-13-16(25-11)10-14(21-8-7-20-19(13)21)12-5-6-15(22-2)18(24-4)17(12)23-3/h5-6,9-10H,7-8H2,1-4H3. The molecule has 0 aliphatic carbocycles. The first-order valence-corrected chi connectivity index (χ1v) is 8.93. The van der Waals surface area contributed by atoms with E-state index in [1.54, 1.807) is 32.7 Å². The fourth-order valence-corrected chi connectivity index (χ4v) is 4.41. The highest BCUT2D eigenvalue weighted by Crippen LogP contribution is 2.46. The summed E-state index contributed by atoms with van der Waals surface area (Å²) in [5, 5.41) is 0. The van der Waals surface area contributed by atoms with Crippen LogP contribution in [0.15, 0.2) is 23.2 Å². The molecule has 2 aliphatic rings. The summed E-state index contributed by atoms with van der Waals surface area (Å²) in [6.07, 6.45) is 2.22. The van der Waals surface area contributed by atoms with E-state index in [1.807, 2.05) is 12.1 Å². The largest absolute Gasteiger partial charge is 0.493 e. The van der Waals surface area contributed by atoms with E-state index < -0.39 is 0 Å². The molecule has 0 unspecified atom stereocenters. The number of amidine groups is 1. The Balaban J connectivity index is 1.93. The lowest BCUT2D eigenvalue weighted by molar-refractivity contribution is 0.323. The highest BCUT2D eigenvalue weighted by atomic mass is 32.1. The number of hydrogen-bond acceptors (Lipinski definition) is 6. The summed E-state index contributed by atoms with van der Waals surface area (Å²) < 4.78 is 16.7. The molecule has 0 spiro atoms. The molecule has 130 valence electrons. The van der Waals surface area contributed by atoms with Crippen LogP contribution >= 0.6 is 11.3 Å². The molecule has 0 bridgehead atoms. The molecule has 0 fully saturated rings. The zero-order valence-corrected chi connectivity index (χ0v) is 15.6. The Bertz CT molecular complexity index is 898. The lowest BCUT2D eigenvalue weighted by atomic mass is 10.0. The summed E-state index contributed by atoms with van der Waals surface area (Å²) >= 11 is 1.79. The van der Waals surface area contributed by atoms with Gasteiger partial charge in [-0.1, -0.05) is 0 Å². The average molecular weight is 356 g/mol. The molecule has 2 aliphatic heterocycles. The molecular weight excluding hydrogens is 336 g/mol. The second kappa shape index (κ2) is 6.11. The minimum absolute atomic E-state index is 0.606. The first kappa shape index (κ1) is 16.0. The van der Waals surface area contributed by atoms with E-state index in [4.69, 9.17) is 19.2 Å². The maximum absolute atomic E-state index is 5.70. The van der Waals surface area contributed by atoms with Crippen molar-refractivity contribution in [2.75, 3.05) is 34.4 Å². The summed E-state index contributed by atoms with van der Waals surface area (Å²) in [7, 11) is 4.91. The third kappa shape index (κ3) is 2.40. The SMILES string of the molecule is COc1ccc(C2=Cc3sc(C)cc3C3=NCCN23)c(OC)c1OC. The molecule has 4 rings (SSSR count). The normalized spacial score (nSPS) is 15.3. The van der Waals surface area contributed by atoms with Crippen LogP contribution in [0.3, 0.4) is 0 Å². The Labute approximate surface area is 151 Å². The fourth-order valence-electron chi connectivity index (χ4n) is 3.45. The minimum Gasteiger partial charge on any atom is -0.493 e. The molecule has 1 aromatic heterocycles. The Morgan fingerprint density at radius 3 is 2.56 bits per heavy atom. The topological polar surface area (TPSA) is 43.3 Å². The zero-order valence-electron chi connectivity index (χ0n) is 14.8. The van der Waals surface area contributed by atoms with E-state index in [9.17, 15) is 0 Å². The number of aliphatic imine (C=N–C) groups is 1. The van der Waals surface area contributed by atoms with E-state index in [-0.39, 0.29) is 0 Å². The Morgan fingerprint density at radius 2 is 1.84 bits per heavy atom. The van der Waals surface area contributed by atoms with E-state index in [0.29, 0.717) is 17.2 Å². The van der Waals surface area contributed by atoms with Crippen LogP contribution in [0.5, 0.6) is 17.2 Å². The Morgan fingerprint density at radius 1 is 1.04 bits per heavy atom. The quantitative estimate of drug-likeness (QED) is 0.839. The van der Waals surface area contributed by atoms with Crippen LogP contribution in [-0.4, -0.2) is 45.2 Å². The van der Waals surface area contributed by atoms with Gasteiger partial charge in [-0.05, 0) is 31.2 Å². The maximum atomic E-state index is 5.70. The van der Waals surface area contributed by atoms with Gasteiger partial charge in [0.05, 0.1) is 33.6 Å². The fraction of sp³-hybridized carbons (Fsp3) is 0.316. The molecule has 1 aromatic carbocycles. The lowest BCUT2D eigenvalue weighted by Crippen LogP contribution is -2.29. The van der Waals surface area contributed by atoms with E-state index in [1.165, 1.54) is 15.3 Å². The summed E-state index contributed by atoms with van der Waals surface area (Å²) in [4.78, 5) is 9.52. The molecule has 3 heterocycles. The summed E-state index contributed by atoms with van der Waals surface area (Å²) in [6, 6.07) is 6.16. The van der Waals surface area contributed by atoms with Gasteiger partial charge in [0, 0.05) is 27.4 Å². The van der Waals surface area contributed by atoms with Crippen LogP contribution in [0.25, 0.3) is 11.8 Å². The van der Waals surface area contributed by atoms with Crippen LogP contribution in [0, 0.1) is 6.92 Å². The van der Waals surface area contributed by atoms with Gasteiger partial charge in [0.15, 0.2) is 11.5 Å². The van der Waals surface area contributed by atoms with E-state index in [0.717, 1.165) is 30.2 Å². The first-order chi connectivity index (χ1) is 12.2. The molecule has 0 radical (unpaired) electrons. The third-order valence-corrected chi connectivity index (χ3v) is 5.50. The van der Waals surface area contributed by atoms with Gasteiger partial charge in [-0.25, -0.2) is 0 Å². The zero-order chi connectivity index (χ0) is 17.6. The number of thiophene rings is 1.